The van der Waals surface area contributed by atoms with Gasteiger partial charge in [-0.2, -0.15) is 0 Å². The van der Waals surface area contributed by atoms with Crippen LogP contribution in [0.5, 0.6) is 5.75 Å². The average molecular weight is 246 g/mol. The fourth-order valence-corrected chi connectivity index (χ4v) is 2.69. The number of hydrogen-bond donors (Lipinski definition) is 0. The lowest BCUT2D eigenvalue weighted by molar-refractivity contribution is 0.269. The Labute approximate surface area is 105 Å². The Morgan fingerprint density at radius 1 is 1.47 bits per heavy atom. The Morgan fingerprint density at radius 2 is 2.35 bits per heavy atom. The van der Waals surface area contributed by atoms with Crippen molar-refractivity contribution in [3.8, 4) is 5.75 Å². The van der Waals surface area contributed by atoms with Gasteiger partial charge in [-0.3, -0.25) is 0 Å². The maximum atomic E-state index is 5.73. The van der Waals surface area contributed by atoms with E-state index in [-0.39, 0.29) is 0 Å². The summed E-state index contributed by atoms with van der Waals surface area (Å²) in [4.78, 5) is 6.71. The lowest BCUT2D eigenvalue weighted by Crippen LogP contribution is -2.40. The molecule has 2 aromatic rings. The Bertz CT molecular complexity index is 498. The standard InChI is InChI=1S/C13H14N2OS/c1-10-9-16-12-5-3-2-4-11(12)15(10)8-13-14-6-7-17-13/h2-7,10H,8-9H2,1H3/t10-/m1/s1. The number of ether oxygens (including phenoxy) is 1. The van der Waals surface area contributed by atoms with E-state index in [0.29, 0.717) is 6.04 Å². The Morgan fingerprint density at radius 3 is 3.18 bits per heavy atom. The highest BCUT2D eigenvalue weighted by Gasteiger charge is 2.24. The molecule has 88 valence electrons. The first-order chi connectivity index (χ1) is 8.34. The number of hydrogen-bond acceptors (Lipinski definition) is 4. The Balaban J connectivity index is 1.92. The second-order valence-electron chi connectivity index (χ2n) is 4.18. The van der Waals surface area contributed by atoms with Crippen LogP contribution in [0.25, 0.3) is 0 Å². The molecule has 0 amide bonds. The third kappa shape index (κ3) is 2.00. The van der Waals surface area contributed by atoms with Crippen LogP contribution in [-0.2, 0) is 6.54 Å². The highest BCUT2D eigenvalue weighted by molar-refractivity contribution is 7.09. The molecule has 0 spiro atoms. The summed E-state index contributed by atoms with van der Waals surface area (Å²) in [5.41, 5.74) is 1.17. The first kappa shape index (κ1) is 10.6. The molecule has 0 bridgehead atoms. The molecule has 1 aromatic carbocycles. The van der Waals surface area contributed by atoms with Crippen LogP contribution in [0.2, 0.25) is 0 Å². The van der Waals surface area contributed by atoms with Gasteiger partial charge in [-0.1, -0.05) is 12.1 Å². The maximum absolute atomic E-state index is 5.73. The number of aromatic nitrogens is 1. The smallest absolute Gasteiger partial charge is 0.142 e. The van der Waals surface area contributed by atoms with E-state index in [9.17, 15) is 0 Å². The van der Waals surface area contributed by atoms with Crippen molar-refractivity contribution < 1.29 is 4.74 Å². The molecule has 1 aromatic heterocycles. The van der Waals surface area contributed by atoms with Crippen LogP contribution in [0.4, 0.5) is 5.69 Å². The summed E-state index contributed by atoms with van der Waals surface area (Å²) >= 11 is 1.70. The first-order valence-corrected chi connectivity index (χ1v) is 6.59. The predicted octanol–water partition coefficient (Wildman–Crippen LogP) is 2.93. The summed E-state index contributed by atoms with van der Waals surface area (Å²) in [6.07, 6.45) is 1.86. The van der Waals surface area contributed by atoms with Crippen LogP contribution < -0.4 is 9.64 Å². The van der Waals surface area contributed by atoms with Crippen molar-refractivity contribution in [2.24, 2.45) is 0 Å². The van der Waals surface area contributed by atoms with E-state index in [1.807, 2.05) is 23.7 Å². The number of anilines is 1. The monoisotopic (exact) mass is 246 g/mol. The molecule has 1 aliphatic rings. The summed E-state index contributed by atoms with van der Waals surface area (Å²) in [6.45, 7) is 3.78. The zero-order valence-corrected chi connectivity index (χ0v) is 10.5. The second-order valence-corrected chi connectivity index (χ2v) is 5.16. The van der Waals surface area contributed by atoms with Gasteiger partial charge >= 0.3 is 0 Å². The molecule has 0 fully saturated rings. The van der Waals surface area contributed by atoms with Gasteiger partial charge in [0.25, 0.3) is 0 Å². The lowest BCUT2D eigenvalue weighted by atomic mass is 10.2. The summed E-state index contributed by atoms with van der Waals surface area (Å²) in [5, 5.41) is 3.17. The molecular weight excluding hydrogens is 232 g/mol. The lowest BCUT2D eigenvalue weighted by Gasteiger charge is -2.36. The fraction of sp³-hybridized carbons (Fsp3) is 0.308. The summed E-state index contributed by atoms with van der Waals surface area (Å²) in [6, 6.07) is 8.58. The van der Waals surface area contributed by atoms with Crippen molar-refractivity contribution in [3.05, 3.63) is 40.8 Å². The van der Waals surface area contributed by atoms with E-state index in [1.54, 1.807) is 11.3 Å². The summed E-state index contributed by atoms with van der Waals surface area (Å²) in [5.74, 6) is 0.974. The molecule has 0 radical (unpaired) electrons. The van der Waals surface area contributed by atoms with Crippen LogP contribution in [0.3, 0.4) is 0 Å². The average Bonchev–Trinajstić information content (AvgIpc) is 2.86. The maximum Gasteiger partial charge on any atom is 0.142 e. The number of fused-ring (bicyclic) bond motifs is 1. The van der Waals surface area contributed by atoms with Crippen LogP contribution in [-0.4, -0.2) is 17.6 Å². The zero-order valence-electron chi connectivity index (χ0n) is 9.67. The normalized spacial score (nSPS) is 18.6. The second kappa shape index (κ2) is 4.37. The van der Waals surface area contributed by atoms with Gasteiger partial charge in [0.05, 0.1) is 18.3 Å². The van der Waals surface area contributed by atoms with Crippen LogP contribution in [0.15, 0.2) is 35.8 Å². The van der Waals surface area contributed by atoms with Crippen molar-refractivity contribution >= 4 is 17.0 Å². The van der Waals surface area contributed by atoms with E-state index in [2.05, 4.69) is 28.9 Å². The highest BCUT2D eigenvalue weighted by atomic mass is 32.1. The molecule has 1 atom stereocenters. The SMILES string of the molecule is C[C@@H]1COc2ccccc2N1Cc1nccs1. The molecule has 0 aliphatic carbocycles. The van der Waals surface area contributed by atoms with Crippen molar-refractivity contribution in [2.45, 2.75) is 19.5 Å². The van der Waals surface area contributed by atoms with E-state index < -0.39 is 0 Å². The highest BCUT2D eigenvalue weighted by Crippen LogP contribution is 2.34. The van der Waals surface area contributed by atoms with Gasteiger partial charge in [0.15, 0.2) is 0 Å². The third-order valence-electron chi connectivity index (χ3n) is 2.98. The van der Waals surface area contributed by atoms with Gasteiger partial charge in [-0.25, -0.2) is 4.98 Å². The number of benzene rings is 1. The number of para-hydroxylation sites is 2. The Hall–Kier alpha value is -1.55. The van der Waals surface area contributed by atoms with Crippen LogP contribution >= 0.6 is 11.3 Å². The molecular formula is C13H14N2OS. The minimum absolute atomic E-state index is 0.383. The largest absolute Gasteiger partial charge is 0.489 e. The van der Waals surface area contributed by atoms with Gasteiger partial charge in [-0.15, -0.1) is 11.3 Å². The molecule has 0 saturated heterocycles. The molecule has 0 unspecified atom stereocenters. The Kier molecular flexibility index (Phi) is 2.73. The molecule has 3 rings (SSSR count). The molecule has 0 saturated carbocycles. The van der Waals surface area contributed by atoms with E-state index in [1.165, 1.54) is 5.69 Å². The van der Waals surface area contributed by atoms with E-state index in [0.717, 1.165) is 23.9 Å². The molecule has 1 aliphatic heterocycles. The molecule has 2 heterocycles. The minimum Gasteiger partial charge on any atom is -0.489 e. The number of rotatable bonds is 2. The molecule has 17 heavy (non-hydrogen) atoms. The van der Waals surface area contributed by atoms with Gasteiger partial charge in [-0.05, 0) is 19.1 Å². The first-order valence-electron chi connectivity index (χ1n) is 5.71. The van der Waals surface area contributed by atoms with Crippen LogP contribution in [0.1, 0.15) is 11.9 Å². The number of thiazole rings is 1. The van der Waals surface area contributed by atoms with Gasteiger partial charge in [0.1, 0.15) is 17.4 Å². The quantitative estimate of drug-likeness (QED) is 0.814. The zero-order chi connectivity index (χ0) is 11.7. The van der Waals surface area contributed by atoms with E-state index >= 15 is 0 Å². The number of nitrogens with zero attached hydrogens (tertiary/aromatic N) is 2. The topological polar surface area (TPSA) is 25.4 Å². The van der Waals surface area contributed by atoms with Crippen molar-refractivity contribution in [1.29, 1.82) is 0 Å². The summed E-state index contributed by atoms with van der Waals surface area (Å²) < 4.78 is 5.73. The van der Waals surface area contributed by atoms with E-state index in [4.69, 9.17) is 4.74 Å². The molecule has 3 nitrogen and oxygen atoms in total. The van der Waals surface area contributed by atoms with Crippen LogP contribution in [0, 0.1) is 0 Å². The minimum atomic E-state index is 0.383. The van der Waals surface area contributed by atoms with Crippen molar-refractivity contribution in [2.75, 3.05) is 11.5 Å². The predicted molar refractivity (Wildman–Crippen MR) is 69.7 cm³/mol. The van der Waals surface area contributed by atoms with Crippen molar-refractivity contribution in [1.82, 2.24) is 4.98 Å². The van der Waals surface area contributed by atoms with Gasteiger partial charge in [0.2, 0.25) is 0 Å². The van der Waals surface area contributed by atoms with Gasteiger partial charge in [0, 0.05) is 11.6 Å². The molecule has 0 N–H and O–H groups in total. The van der Waals surface area contributed by atoms with Gasteiger partial charge < -0.3 is 9.64 Å². The summed E-state index contributed by atoms with van der Waals surface area (Å²) in [7, 11) is 0. The van der Waals surface area contributed by atoms with Crippen molar-refractivity contribution in [3.63, 3.8) is 0 Å². The third-order valence-corrected chi connectivity index (χ3v) is 3.74. The molecule has 4 heteroatoms. The fourth-order valence-electron chi connectivity index (χ4n) is 2.07.